The number of benzene rings is 2. The van der Waals surface area contributed by atoms with Crippen molar-refractivity contribution in [2.75, 3.05) is 34.4 Å². The molecule has 1 heterocycles. The highest BCUT2D eigenvalue weighted by Gasteiger charge is 2.34. The minimum Gasteiger partial charge on any atom is -0.497 e. The second kappa shape index (κ2) is 9.37. The van der Waals surface area contributed by atoms with Crippen LogP contribution in [0.3, 0.4) is 0 Å². The van der Waals surface area contributed by atoms with Crippen molar-refractivity contribution < 1.29 is 24.1 Å². The van der Waals surface area contributed by atoms with Gasteiger partial charge < -0.3 is 19.3 Å². The summed E-state index contributed by atoms with van der Waals surface area (Å²) < 4.78 is 16.7. The van der Waals surface area contributed by atoms with E-state index in [1.54, 1.807) is 27.4 Å². The van der Waals surface area contributed by atoms with Gasteiger partial charge in [-0.3, -0.25) is 9.69 Å². The lowest BCUT2D eigenvalue weighted by Crippen LogP contribution is -2.41. The number of halogens is 1. The van der Waals surface area contributed by atoms with Crippen LogP contribution < -0.4 is 14.2 Å². The number of carboxylic acid groups (broad SMARTS) is 1. The lowest BCUT2D eigenvalue weighted by atomic mass is 9.90. The topological polar surface area (TPSA) is 68.2 Å². The van der Waals surface area contributed by atoms with Crippen molar-refractivity contribution in [2.45, 2.75) is 18.9 Å². The number of methoxy groups -OCH3 is 3. The molecule has 0 aliphatic carbocycles. The maximum Gasteiger partial charge on any atom is 0.307 e. The quantitative estimate of drug-likeness (QED) is 0.723. The molecule has 6 nitrogen and oxygen atoms in total. The van der Waals surface area contributed by atoms with Gasteiger partial charge in [-0.2, -0.15) is 0 Å². The minimum atomic E-state index is -0.774. The van der Waals surface area contributed by atoms with Crippen LogP contribution >= 0.6 is 11.6 Å². The van der Waals surface area contributed by atoms with Crippen molar-refractivity contribution in [3.63, 3.8) is 0 Å². The lowest BCUT2D eigenvalue weighted by molar-refractivity contribution is -0.143. The molecule has 1 saturated heterocycles. The van der Waals surface area contributed by atoms with Crippen molar-refractivity contribution >= 4 is 17.6 Å². The van der Waals surface area contributed by atoms with E-state index in [1.807, 2.05) is 30.3 Å². The van der Waals surface area contributed by atoms with Gasteiger partial charge in [-0.05, 0) is 55.8 Å². The molecule has 0 spiro atoms. The summed E-state index contributed by atoms with van der Waals surface area (Å²) in [4.78, 5) is 13.8. The number of carboxylic acids is 1. The molecule has 0 bridgehead atoms. The Labute approximate surface area is 175 Å². The predicted octanol–water partition coefficient (Wildman–Crippen LogP) is 4.25. The molecule has 1 aliphatic rings. The van der Waals surface area contributed by atoms with Gasteiger partial charge in [-0.1, -0.05) is 11.6 Å². The van der Waals surface area contributed by atoms with Crippen LogP contribution in [0, 0.1) is 5.92 Å². The van der Waals surface area contributed by atoms with Crippen LogP contribution in [0.5, 0.6) is 17.2 Å². The van der Waals surface area contributed by atoms with E-state index in [9.17, 15) is 9.90 Å². The Balaban J connectivity index is 2.18. The number of likely N-dealkylation sites (tertiary alicyclic amines) is 1. The number of hydrogen-bond donors (Lipinski definition) is 1. The summed E-state index contributed by atoms with van der Waals surface area (Å²) in [5, 5.41) is 10.2. The first-order valence-corrected chi connectivity index (χ1v) is 9.88. The zero-order chi connectivity index (χ0) is 21.0. The number of hydrogen-bond acceptors (Lipinski definition) is 5. The van der Waals surface area contributed by atoms with Gasteiger partial charge in [0.2, 0.25) is 0 Å². The maximum atomic E-state index is 11.7. The number of ether oxygens (including phenoxy) is 3. The average molecular weight is 420 g/mol. The Morgan fingerprint density at radius 2 is 1.72 bits per heavy atom. The van der Waals surface area contributed by atoms with Gasteiger partial charge in [0, 0.05) is 22.7 Å². The minimum absolute atomic E-state index is 0.296. The molecular formula is C22H26ClNO5. The largest absolute Gasteiger partial charge is 0.497 e. The zero-order valence-corrected chi connectivity index (χ0v) is 17.6. The Morgan fingerprint density at radius 3 is 2.34 bits per heavy atom. The van der Waals surface area contributed by atoms with Crippen molar-refractivity contribution in [1.29, 1.82) is 0 Å². The summed E-state index contributed by atoms with van der Waals surface area (Å²) in [6.45, 7) is 1.18. The predicted molar refractivity (Wildman–Crippen MR) is 111 cm³/mol. The highest BCUT2D eigenvalue weighted by Crippen LogP contribution is 2.42. The van der Waals surface area contributed by atoms with Crippen LogP contribution in [-0.4, -0.2) is 50.4 Å². The molecule has 1 aliphatic heterocycles. The Bertz CT molecular complexity index is 872. The van der Waals surface area contributed by atoms with Gasteiger partial charge in [0.25, 0.3) is 0 Å². The van der Waals surface area contributed by atoms with E-state index in [0.29, 0.717) is 35.2 Å². The van der Waals surface area contributed by atoms with Crippen LogP contribution in [0.15, 0.2) is 36.4 Å². The zero-order valence-electron chi connectivity index (χ0n) is 16.9. The Hall–Kier alpha value is -2.44. The Morgan fingerprint density at radius 1 is 1.07 bits per heavy atom. The fourth-order valence-electron chi connectivity index (χ4n) is 3.98. The second-order valence-corrected chi connectivity index (χ2v) is 7.51. The number of nitrogens with zero attached hydrogens (tertiary/aromatic N) is 1. The highest BCUT2D eigenvalue weighted by atomic mass is 35.5. The van der Waals surface area contributed by atoms with E-state index < -0.39 is 11.9 Å². The SMILES string of the molecule is COc1ccc(OC)c(C(c2cc(Cl)ccc2OC)N2CCCC(C(=O)O)C2)c1. The molecule has 0 radical (unpaired) electrons. The lowest BCUT2D eigenvalue weighted by Gasteiger charge is -2.38. The molecule has 2 aromatic rings. The summed E-state index contributed by atoms with van der Waals surface area (Å²) in [5.74, 6) is 0.868. The summed E-state index contributed by atoms with van der Waals surface area (Å²) in [6, 6.07) is 10.8. The molecular weight excluding hydrogens is 394 g/mol. The van der Waals surface area contributed by atoms with E-state index in [4.69, 9.17) is 25.8 Å². The van der Waals surface area contributed by atoms with E-state index in [2.05, 4.69) is 4.90 Å². The molecule has 156 valence electrons. The first-order chi connectivity index (χ1) is 14.0. The molecule has 3 rings (SSSR count). The van der Waals surface area contributed by atoms with Crippen LogP contribution in [0.1, 0.15) is 30.0 Å². The van der Waals surface area contributed by atoms with Gasteiger partial charge in [-0.25, -0.2) is 0 Å². The number of rotatable bonds is 7. The fraction of sp³-hybridized carbons (Fsp3) is 0.409. The molecule has 2 unspecified atom stereocenters. The molecule has 1 fully saturated rings. The van der Waals surface area contributed by atoms with E-state index in [-0.39, 0.29) is 6.04 Å². The Kier molecular flexibility index (Phi) is 6.87. The third-order valence-corrected chi connectivity index (χ3v) is 5.62. The van der Waals surface area contributed by atoms with Crippen molar-refractivity contribution in [3.05, 3.63) is 52.5 Å². The smallest absolute Gasteiger partial charge is 0.307 e. The first-order valence-electron chi connectivity index (χ1n) is 9.50. The first kappa shape index (κ1) is 21.3. The number of aliphatic carboxylic acids is 1. The molecule has 1 N–H and O–H groups in total. The molecule has 0 aromatic heterocycles. The van der Waals surface area contributed by atoms with Gasteiger partial charge in [0.1, 0.15) is 17.2 Å². The van der Waals surface area contributed by atoms with Crippen molar-refractivity contribution in [3.8, 4) is 17.2 Å². The van der Waals surface area contributed by atoms with Gasteiger partial charge in [0.15, 0.2) is 0 Å². The average Bonchev–Trinajstić information content (AvgIpc) is 2.74. The third kappa shape index (κ3) is 4.60. The maximum absolute atomic E-state index is 11.7. The summed E-state index contributed by atoms with van der Waals surface area (Å²) in [5.41, 5.74) is 1.73. The van der Waals surface area contributed by atoms with Crippen LogP contribution in [0.2, 0.25) is 5.02 Å². The van der Waals surface area contributed by atoms with E-state index >= 15 is 0 Å². The number of carbonyl (C=O) groups is 1. The van der Waals surface area contributed by atoms with Crippen molar-refractivity contribution in [1.82, 2.24) is 4.90 Å². The van der Waals surface area contributed by atoms with Gasteiger partial charge in [-0.15, -0.1) is 0 Å². The van der Waals surface area contributed by atoms with Crippen LogP contribution in [-0.2, 0) is 4.79 Å². The van der Waals surface area contributed by atoms with E-state index in [1.165, 1.54) is 0 Å². The fourth-order valence-corrected chi connectivity index (χ4v) is 4.16. The molecule has 0 saturated carbocycles. The van der Waals surface area contributed by atoms with Gasteiger partial charge >= 0.3 is 5.97 Å². The molecule has 29 heavy (non-hydrogen) atoms. The molecule has 2 atom stereocenters. The molecule has 7 heteroatoms. The summed E-state index contributed by atoms with van der Waals surface area (Å²) in [7, 11) is 4.85. The standard InChI is InChI=1S/C22H26ClNO5/c1-27-16-7-9-20(29-3)18(12-16)21(17-11-15(23)6-8-19(17)28-2)24-10-4-5-14(13-24)22(25)26/h6-9,11-12,14,21H,4-5,10,13H2,1-3H3,(H,25,26). The number of piperidine rings is 1. The van der Waals surface area contributed by atoms with Crippen LogP contribution in [0.4, 0.5) is 0 Å². The third-order valence-electron chi connectivity index (χ3n) is 5.38. The highest BCUT2D eigenvalue weighted by molar-refractivity contribution is 6.30. The summed E-state index contributed by atoms with van der Waals surface area (Å²) in [6.07, 6.45) is 1.46. The van der Waals surface area contributed by atoms with E-state index in [0.717, 1.165) is 24.1 Å². The normalized spacial score (nSPS) is 18.1. The molecule has 0 amide bonds. The van der Waals surface area contributed by atoms with Crippen molar-refractivity contribution in [2.24, 2.45) is 5.92 Å². The monoisotopic (exact) mass is 419 g/mol. The summed E-state index contributed by atoms with van der Waals surface area (Å²) >= 11 is 6.33. The molecule has 2 aromatic carbocycles. The van der Waals surface area contributed by atoms with Gasteiger partial charge in [0.05, 0.1) is 33.3 Å². The second-order valence-electron chi connectivity index (χ2n) is 7.07. The van der Waals surface area contributed by atoms with Crippen LogP contribution in [0.25, 0.3) is 0 Å².